The second-order valence-corrected chi connectivity index (χ2v) is 6.25. The highest BCUT2D eigenvalue weighted by atomic mass is 32.1. The first-order valence-electron chi connectivity index (χ1n) is 6.81. The average Bonchev–Trinajstić information content (AvgIpc) is 2.87. The van der Waals surface area contributed by atoms with E-state index in [-0.39, 0.29) is 5.78 Å². The third-order valence-corrected chi connectivity index (χ3v) is 5.02. The van der Waals surface area contributed by atoms with Crippen molar-refractivity contribution in [2.75, 3.05) is 17.2 Å². The topological polar surface area (TPSA) is 46.3 Å². The quantitative estimate of drug-likeness (QED) is 0.677. The fourth-order valence-electron chi connectivity index (χ4n) is 2.91. The number of carbonyl (C=O) groups is 1. The minimum atomic E-state index is 0.0147. The van der Waals surface area contributed by atoms with Crippen LogP contribution < -0.4 is 10.6 Å². The van der Waals surface area contributed by atoms with Crippen molar-refractivity contribution in [1.82, 2.24) is 0 Å². The molecule has 1 atom stereocenters. The molecule has 2 heterocycles. The molecule has 0 amide bonds. The molecule has 0 fully saturated rings. The highest BCUT2D eigenvalue weighted by Gasteiger charge is 2.25. The zero-order chi connectivity index (χ0) is 14.3. The maximum absolute atomic E-state index is 11.5. The van der Waals surface area contributed by atoms with Crippen molar-refractivity contribution in [3.05, 3.63) is 45.6 Å². The number of hydrogen-bond donors (Lipinski definition) is 1. The van der Waals surface area contributed by atoms with Crippen LogP contribution >= 0.6 is 11.3 Å². The summed E-state index contributed by atoms with van der Waals surface area (Å²) in [5.41, 5.74) is 9.68. The number of anilines is 2. The SMILES string of the molecule is CC(=O)c1ccc(N2CCc3sccc3C2C)cc1N. The number of fused-ring (bicyclic) bond motifs is 1. The Hall–Kier alpha value is -1.81. The molecule has 1 aliphatic heterocycles. The Balaban J connectivity index is 1.95. The normalized spacial score (nSPS) is 17.9. The lowest BCUT2D eigenvalue weighted by Crippen LogP contribution is -2.33. The van der Waals surface area contributed by atoms with E-state index < -0.39 is 0 Å². The van der Waals surface area contributed by atoms with Crippen LogP contribution in [-0.2, 0) is 6.42 Å². The molecule has 1 unspecified atom stereocenters. The highest BCUT2D eigenvalue weighted by Crippen LogP contribution is 2.36. The third-order valence-electron chi connectivity index (χ3n) is 4.02. The van der Waals surface area contributed by atoms with Crippen LogP contribution in [0.2, 0.25) is 0 Å². The van der Waals surface area contributed by atoms with Gasteiger partial charge < -0.3 is 10.6 Å². The van der Waals surface area contributed by atoms with E-state index in [1.807, 2.05) is 29.5 Å². The van der Waals surface area contributed by atoms with Gasteiger partial charge in [-0.2, -0.15) is 0 Å². The highest BCUT2D eigenvalue weighted by molar-refractivity contribution is 7.10. The Morgan fingerprint density at radius 2 is 2.20 bits per heavy atom. The van der Waals surface area contributed by atoms with Gasteiger partial charge >= 0.3 is 0 Å². The van der Waals surface area contributed by atoms with Crippen LogP contribution in [0, 0.1) is 0 Å². The molecule has 0 aliphatic carbocycles. The summed E-state index contributed by atoms with van der Waals surface area (Å²) >= 11 is 1.84. The van der Waals surface area contributed by atoms with E-state index >= 15 is 0 Å². The van der Waals surface area contributed by atoms with Gasteiger partial charge in [0.15, 0.2) is 5.78 Å². The van der Waals surface area contributed by atoms with Crippen LogP contribution in [0.4, 0.5) is 11.4 Å². The van der Waals surface area contributed by atoms with Crippen molar-refractivity contribution in [2.24, 2.45) is 0 Å². The second-order valence-electron chi connectivity index (χ2n) is 5.25. The number of nitrogens with two attached hydrogens (primary N) is 1. The Morgan fingerprint density at radius 3 is 2.90 bits per heavy atom. The van der Waals surface area contributed by atoms with Crippen LogP contribution in [0.15, 0.2) is 29.6 Å². The molecule has 0 bridgehead atoms. The number of nitrogen functional groups attached to an aromatic ring is 1. The molecule has 0 radical (unpaired) electrons. The zero-order valence-corrected chi connectivity index (χ0v) is 12.5. The minimum absolute atomic E-state index is 0.0147. The van der Waals surface area contributed by atoms with Gasteiger partial charge in [0.05, 0.1) is 6.04 Å². The summed E-state index contributed by atoms with van der Waals surface area (Å²) in [7, 11) is 0. The molecule has 104 valence electrons. The van der Waals surface area contributed by atoms with Crippen LogP contribution in [0.3, 0.4) is 0 Å². The summed E-state index contributed by atoms with van der Waals surface area (Å²) < 4.78 is 0. The van der Waals surface area contributed by atoms with E-state index in [4.69, 9.17) is 5.73 Å². The van der Waals surface area contributed by atoms with Crippen LogP contribution in [0.1, 0.15) is 40.7 Å². The number of thiophene rings is 1. The third kappa shape index (κ3) is 2.10. The van der Waals surface area contributed by atoms with Gasteiger partial charge in [0.1, 0.15) is 0 Å². The maximum Gasteiger partial charge on any atom is 0.161 e. The standard InChI is InChI=1S/C16H18N2OS/c1-10-13-6-8-20-16(13)5-7-18(10)12-3-4-14(11(2)19)15(17)9-12/h3-4,6,8-10H,5,7,17H2,1-2H3. The fourth-order valence-corrected chi connectivity index (χ4v) is 3.87. The Labute approximate surface area is 123 Å². The van der Waals surface area contributed by atoms with Gasteiger partial charge in [-0.25, -0.2) is 0 Å². The molecule has 0 saturated heterocycles. The van der Waals surface area contributed by atoms with Crippen molar-refractivity contribution in [1.29, 1.82) is 0 Å². The van der Waals surface area contributed by atoms with Gasteiger partial charge in [0.25, 0.3) is 0 Å². The van der Waals surface area contributed by atoms with Gasteiger partial charge in [-0.1, -0.05) is 0 Å². The molecule has 0 spiro atoms. The Kier molecular flexibility index (Phi) is 3.26. The lowest BCUT2D eigenvalue weighted by atomic mass is 10.00. The number of hydrogen-bond acceptors (Lipinski definition) is 4. The Morgan fingerprint density at radius 1 is 1.40 bits per heavy atom. The molecule has 2 aromatic rings. The molecule has 0 saturated carbocycles. The molecule has 1 aliphatic rings. The molecular formula is C16H18N2OS. The monoisotopic (exact) mass is 286 g/mol. The Bertz CT molecular complexity index is 662. The van der Waals surface area contributed by atoms with Crippen molar-refractivity contribution in [2.45, 2.75) is 26.3 Å². The molecule has 3 nitrogen and oxygen atoms in total. The summed E-state index contributed by atoms with van der Waals surface area (Å²) in [5.74, 6) is 0.0147. The van der Waals surface area contributed by atoms with E-state index in [1.54, 1.807) is 6.92 Å². The summed E-state index contributed by atoms with van der Waals surface area (Å²) in [5, 5.41) is 2.16. The van der Waals surface area contributed by atoms with Gasteiger partial charge in [0.2, 0.25) is 0 Å². The zero-order valence-electron chi connectivity index (χ0n) is 11.7. The minimum Gasteiger partial charge on any atom is -0.398 e. The summed E-state index contributed by atoms with van der Waals surface area (Å²) in [6, 6.07) is 8.33. The average molecular weight is 286 g/mol. The van der Waals surface area contributed by atoms with Crippen molar-refractivity contribution in [3.8, 4) is 0 Å². The van der Waals surface area contributed by atoms with Crippen molar-refractivity contribution < 1.29 is 4.79 Å². The number of benzene rings is 1. The van der Waals surface area contributed by atoms with E-state index in [1.165, 1.54) is 10.4 Å². The lowest BCUT2D eigenvalue weighted by Gasteiger charge is -2.35. The van der Waals surface area contributed by atoms with E-state index in [0.717, 1.165) is 18.7 Å². The molecule has 1 aromatic heterocycles. The molecule has 2 N–H and O–H groups in total. The van der Waals surface area contributed by atoms with Crippen molar-refractivity contribution >= 4 is 28.5 Å². The van der Waals surface area contributed by atoms with Gasteiger partial charge in [-0.3, -0.25) is 4.79 Å². The predicted molar refractivity (Wildman–Crippen MR) is 84.6 cm³/mol. The largest absolute Gasteiger partial charge is 0.398 e. The number of rotatable bonds is 2. The first-order valence-corrected chi connectivity index (χ1v) is 7.69. The molecule has 1 aromatic carbocycles. The molecular weight excluding hydrogens is 268 g/mol. The summed E-state index contributed by atoms with van der Waals surface area (Å²) in [6.45, 7) is 4.76. The van der Waals surface area contributed by atoms with E-state index in [9.17, 15) is 4.79 Å². The number of carbonyl (C=O) groups excluding carboxylic acids is 1. The summed E-state index contributed by atoms with van der Waals surface area (Å²) in [4.78, 5) is 15.3. The number of ketones is 1. The van der Waals surface area contributed by atoms with Crippen LogP contribution in [-0.4, -0.2) is 12.3 Å². The summed E-state index contributed by atoms with van der Waals surface area (Å²) in [6.07, 6.45) is 1.08. The second kappa shape index (κ2) is 4.94. The first kappa shape index (κ1) is 13.2. The number of nitrogens with zero attached hydrogens (tertiary/aromatic N) is 1. The molecule has 20 heavy (non-hydrogen) atoms. The molecule has 4 heteroatoms. The van der Waals surface area contributed by atoms with Gasteiger partial charge in [-0.15, -0.1) is 11.3 Å². The van der Waals surface area contributed by atoms with Crippen LogP contribution in [0.25, 0.3) is 0 Å². The van der Waals surface area contributed by atoms with Crippen LogP contribution in [0.5, 0.6) is 0 Å². The maximum atomic E-state index is 11.5. The predicted octanol–water partition coefficient (Wildman–Crippen LogP) is 3.66. The van der Waals surface area contributed by atoms with E-state index in [0.29, 0.717) is 17.3 Å². The number of Topliss-reactive ketones (excluding diaryl/α,β-unsaturated/α-hetero) is 1. The van der Waals surface area contributed by atoms with Crippen molar-refractivity contribution in [3.63, 3.8) is 0 Å². The van der Waals surface area contributed by atoms with Gasteiger partial charge in [0, 0.05) is 28.4 Å². The smallest absolute Gasteiger partial charge is 0.161 e. The van der Waals surface area contributed by atoms with Gasteiger partial charge in [-0.05, 0) is 55.5 Å². The molecule has 3 rings (SSSR count). The first-order chi connectivity index (χ1) is 9.58. The van der Waals surface area contributed by atoms with E-state index in [2.05, 4.69) is 23.3 Å². The lowest BCUT2D eigenvalue weighted by molar-refractivity contribution is 0.101. The fraction of sp³-hybridized carbons (Fsp3) is 0.312.